The zero-order valence-corrected chi connectivity index (χ0v) is 22.2. The molecule has 192 valence electrons. The number of anilines is 1. The number of nitrogens with zero attached hydrogens (tertiary/aromatic N) is 3. The van der Waals surface area contributed by atoms with Crippen LogP contribution in [-0.4, -0.2) is 42.9 Å². The Balaban J connectivity index is 1.64. The van der Waals surface area contributed by atoms with Crippen LogP contribution in [0.2, 0.25) is 0 Å². The molecule has 38 heavy (non-hydrogen) atoms. The number of benzene rings is 3. The van der Waals surface area contributed by atoms with Gasteiger partial charge in [-0.25, -0.2) is 4.79 Å². The van der Waals surface area contributed by atoms with E-state index in [0.717, 1.165) is 57.6 Å². The molecule has 3 aromatic carbocycles. The molecule has 0 unspecified atom stereocenters. The van der Waals surface area contributed by atoms with Gasteiger partial charge >= 0.3 is 5.97 Å². The minimum absolute atomic E-state index is 0.172. The van der Waals surface area contributed by atoms with E-state index in [9.17, 15) is 10.1 Å². The quantitative estimate of drug-likeness (QED) is 0.287. The molecule has 0 aliphatic carbocycles. The SMILES string of the molecule is CCOC(=O)c1c(-c2ccc(N3C[C@@H](C)O[C@@H](C)C3)cc2)c(C)nc2c(-c3ccc(C#N)cc3)cccc12. The standard InChI is InChI=1S/C32H31N3O3/c1-5-37-32(36)30-28-8-6-7-27(24-11-9-23(17-33)10-12-24)31(28)34-22(4)29(30)25-13-15-26(16-14-25)35-18-20(2)38-21(3)19-35/h6-16,20-21H,5,18-19H2,1-4H3/t20-,21+. The van der Waals surface area contributed by atoms with Gasteiger partial charge in [0.1, 0.15) is 0 Å². The molecule has 1 fully saturated rings. The van der Waals surface area contributed by atoms with Crippen molar-refractivity contribution in [2.75, 3.05) is 24.6 Å². The summed E-state index contributed by atoms with van der Waals surface area (Å²) in [4.78, 5) is 20.8. The van der Waals surface area contributed by atoms with Crippen molar-refractivity contribution < 1.29 is 14.3 Å². The molecule has 0 spiro atoms. The van der Waals surface area contributed by atoms with Crippen molar-refractivity contribution in [1.29, 1.82) is 5.26 Å². The van der Waals surface area contributed by atoms with Crippen LogP contribution in [0.15, 0.2) is 66.7 Å². The van der Waals surface area contributed by atoms with Gasteiger partial charge in [0.05, 0.1) is 41.5 Å². The molecular formula is C32H31N3O3. The fourth-order valence-corrected chi connectivity index (χ4v) is 5.36. The smallest absolute Gasteiger partial charge is 0.339 e. The summed E-state index contributed by atoms with van der Waals surface area (Å²) >= 11 is 0. The lowest BCUT2D eigenvalue weighted by Crippen LogP contribution is -2.45. The second kappa shape index (κ2) is 10.6. The Morgan fingerprint density at radius 3 is 2.32 bits per heavy atom. The lowest BCUT2D eigenvalue weighted by molar-refractivity contribution is -0.00522. The number of aryl methyl sites for hydroxylation is 1. The Hall–Kier alpha value is -4.21. The third-order valence-electron chi connectivity index (χ3n) is 6.94. The van der Waals surface area contributed by atoms with Gasteiger partial charge in [-0.1, -0.05) is 42.5 Å². The number of carbonyl (C=O) groups excluding carboxylic acids is 1. The molecule has 2 heterocycles. The number of para-hydroxylation sites is 1. The van der Waals surface area contributed by atoms with Crippen LogP contribution in [0.4, 0.5) is 5.69 Å². The molecule has 0 amide bonds. The minimum atomic E-state index is -0.366. The van der Waals surface area contributed by atoms with Crippen LogP contribution < -0.4 is 4.90 Å². The van der Waals surface area contributed by atoms with Gasteiger partial charge in [0.25, 0.3) is 0 Å². The second-order valence-corrected chi connectivity index (χ2v) is 9.77. The van der Waals surface area contributed by atoms with E-state index in [-0.39, 0.29) is 24.8 Å². The average molecular weight is 506 g/mol. The Morgan fingerprint density at radius 2 is 1.68 bits per heavy atom. The third-order valence-corrected chi connectivity index (χ3v) is 6.94. The maximum atomic E-state index is 13.4. The number of esters is 1. The molecule has 4 aromatic rings. The first-order chi connectivity index (χ1) is 18.4. The van der Waals surface area contributed by atoms with Crippen LogP contribution >= 0.6 is 0 Å². The molecular weight excluding hydrogens is 474 g/mol. The van der Waals surface area contributed by atoms with E-state index in [1.54, 1.807) is 12.1 Å². The molecule has 1 aromatic heterocycles. The Kier molecular flexibility index (Phi) is 7.13. The number of hydrogen-bond acceptors (Lipinski definition) is 6. The fraction of sp³-hybridized carbons (Fsp3) is 0.281. The highest BCUT2D eigenvalue weighted by molar-refractivity contribution is 6.12. The maximum Gasteiger partial charge on any atom is 0.339 e. The molecule has 0 radical (unpaired) electrons. The first kappa shape index (κ1) is 25.4. The van der Waals surface area contributed by atoms with Gasteiger partial charge in [-0.15, -0.1) is 0 Å². The van der Waals surface area contributed by atoms with E-state index >= 15 is 0 Å². The largest absolute Gasteiger partial charge is 0.462 e. The number of ether oxygens (including phenoxy) is 2. The van der Waals surface area contributed by atoms with Gasteiger partial charge < -0.3 is 14.4 Å². The van der Waals surface area contributed by atoms with Crippen molar-refractivity contribution in [2.45, 2.75) is 39.9 Å². The minimum Gasteiger partial charge on any atom is -0.462 e. The van der Waals surface area contributed by atoms with Crippen LogP contribution in [0.1, 0.15) is 42.4 Å². The van der Waals surface area contributed by atoms with Gasteiger partial charge in [-0.05, 0) is 63.1 Å². The Morgan fingerprint density at radius 1 is 1.03 bits per heavy atom. The number of hydrogen-bond donors (Lipinski definition) is 0. The predicted octanol–water partition coefficient (Wildman–Crippen LogP) is 6.54. The predicted molar refractivity (Wildman–Crippen MR) is 150 cm³/mol. The summed E-state index contributed by atoms with van der Waals surface area (Å²) in [5.74, 6) is -0.366. The highest BCUT2D eigenvalue weighted by Gasteiger charge is 2.25. The molecule has 0 saturated carbocycles. The Labute approximate surface area is 223 Å². The molecule has 1 aliphatic heterocycles. The van der Waals surface area contributed by atoms with Gasteiger partial charge in [0, 0.05) is 41.0 Å². The van der Waals surface area contributed by atoms with Crippen LogP contribution in [-0.2, 0) is 9.47 Å². The van der Waals surface area contributed by atoms with Gasteiger partial charge in [-0.2, -0.15) is 5.26 Å². The Bertz CT molecular complexity index is 1510. The highest BCUT2D eigenvalue weighted by Crippen LogP contribution is 2.37. The van der Waals surface area contributed by atoms with E-state index in [0.29, 0.717) is 11.1 Å². The van der Waals surface area contributed by atoms with Crippen molar-refractivity contribution in [3.05, 3.63) is 83.6 Å². The van der Waals surface area contributed by atoms with Crippen LogP contribution in [0.25, 0.3) is 33.2 Å². The third kappa shape index (κ3) is 4.85. The molecule has 6 nitrogen and oxygen atoms in total. The van der Waals surface area contributed by atoms with E-state index in [1.807, 2.05) is 44.2 Å². The fourth-order valence-electron chi connectivity index (χ4n) is 5.36. The van der Waals surface area contributed by atoms with Crippen molar-refractivity contribution in [2.24, 2.45) is 0 Å². The summed E-state index contributed by atoms with van der Waals surface area (Å²) in [5, 5.41) is 9.93. The van der Waals surface area contributed by atoms with Crippen molar-refractivity contribution in [3.8, 4) is 28.3 Å². The van der Waals surface area contributed by atoms with Crippen molar-refractivity contribution in [1.82, 2.24) is 4.98 Å². The summed E-state index contributed by atoms with van der Waals surface area (Å²) in [6, 6.07) is 23.7. The number of nitriles is 1. The van der Waals surface area contributed by atoms with Crippen molar-refractivity contribution in [3.63, 3.8) is 0 Å². The second-order valence-electron chi connectivity index (χ2n) is 9.77. The molecule has 2 atom stereocenters. The average Bonchev–Trinajstić information content (AvgIpc) is 2.92. The molecule has 1 saturated heterocycles. The molecule has 0 bridgehead atoms. The van der Waals surface area contributed by atoms with Gasteiger partial charge in [0.2, 0.25) is 0 Å². The van der Waals surface area contributed by atoms with E-state index < -0.39 is 0 Å². The number of aromatic nitrogens is 1. The van der Waals surface area contributed by atoms with Crippen LogP contribution in [0.3, 0.4) is 0 Å². The highest BCUT2D eigenvalue weighted by atomic mass is 16.5. The number of morpholine rings is 1. The summed E-state index contributed by atoms with van der Waals surface area (Å²) in [5.41, 5.74) is 7.26. The molecule has 6 heteroatoms. The lowest BCUT2D eigenvalue weighted by Gasteiger charge is -2.37. The zero-order chi connectivity index (χ0) is 26.8. The molecule has 1 aliphatic rings. The van der Waals surface area contributed by atoms with Crippen molar-refractivity contribution >= 4 is 22.6 Å². The van der Waals surface area contributed by atoms with E-state index in [1.165, 1.54) is 0 Å². The summed E-state index contributed by atoms with van der Waals surface area (Å²) in [6.07, 6.45) is 0.345. The number of carbonyl (C=O) groups is 1. The first-order valence-corrected chi connectivity index (χ1v) is 13.0. The number of fused-ring (bicyclic) bond motifs is 1. The molecule has 0 N–H and O–H groups in total. The van der Waals surface area contributed by atoms with Crippen LogP contribution in [0, 0.1) is 18.3 Å². The molecule has 5 rings (SSSR count). The first-order valence-electron chi connectivity index (χ1n) is 13.0. The van der Waals surface area contributed by atoms with E-state index in [4.69, 9.17) is 14.5 Å². The number of rotatable bonds is 5. The summed E-state index contributed by atoms with van der Waals surface area (Å²) < 4.78 is 11.4. The van der Waals surface area contributed by atoms with Gasteiger partial charge in [0.15, 0.2) is 0 Å². The number of pyridine rings is 1. The summed E-state index contributed by atoms with van der Waals surface area (Å²) in [6.45, 7) is 9.90. The monoisotopic (exact) mass is 505 g/mol. The van der Waals surface area contributed by atoms with Gasteiger partial charge in [-0.3, -0.25) is 4.98 Å². The summed E-state index contributed by atoms with van der Waals surface area (Å²) in [7, 11) is 0. The zero-order valence-electron chi connectivity index (χ0n) is 22.2. The van der Waals surface area contributed by atoms with E-state index in [2.05, 4.69) is 49.1 Å². The maximum absolute atomic E-state index is 13.4. The topological polar surface area (TPSA) is 75.4 Å². The normalized spacial score (nSPS) is 17.3. The lowest BCUT2D eigenvalue weighted by atomic mass is 9.92. The van der Waals surface area contributed by atoms with Crippen LogP contribution in [0.5, 0.6) is 0 Å².